The molecule has 1 N–H and O–H groups in total. The van der Waals surface area contributed by atoms with Crippen molar-refractivity contribution in [2.24, 2.45) is 5.41 Å². The zero-order valence-electron chi connectivity index (χ0n) is 10.7. The molecule has 0 aliphatic heterocycles. The van der Waals surface area contributed by atoms with Crippen LogP contribution in [0.5, 0.6) is 0 Å². The van der Waals surface area contributed by atoms with E-state index in [1.165, 1.54) is 32.1 Å². The first-order valence-electron chi connectivity index (χ1n) is 6.40. The van der Waals surface area contributed by atoms with Crippen molar-refractivity contribution in [3.05, 3.63) is 12.7 Å². The molecule has 0 bridgehead atoms. The molecule has 88 valence electrons. The molecule has 1 saturated carbocycles. The molecule has 0 aromatic heterocycles. The Morgan fingerprint density at radius 3 is 2.87 bits per heavy atom. The molecule has 0 radical (unpaired) electrons. The average Bonchev–Trinajstić information content (AvgIpc) is 2.13. The van der Waals surface area contributed by atoms with Gasteiger partial charge in [-0.1, -0.05) is 26.3 Å². The van der Waals surface area contributed by atoms with Crippen LogP contribution in [0.1, 0.15) is 59.3 Å². The van der Waals surface area contributed by atoms with Crippen LogP contribution in [0, 0.1) is 5.41 Å². The van der Waals surface area contributed by atoms with Gasteiger partial charge in [0.15, 0.2) is 0 Å². The summed E-state index contributed by atoms with van der Waals surface area (Å²) < 4.78 is 0. The van der Waals surface area contributed by atoms with Crippen molar-refractivity contribution < 1.29 is 0 Å². The smallest absolute Gasteiger partial charge is 0.00746 e. The van der Waals surface area contributed by atoms with E-state index in [9.17, 15) is 0 Å². The Bertz CT molecular complexity index is 196. The van der Waals surface area contributed by atoms with Gasteiger partial charge in [-0.15, -0.1) is 6.58 Å². The van der Waals surface area contributed by atoms with Crippen LogP contribution >= 0.6 is 0 Å². The minimum absolute atomic E-state index is 0.550. The fourth-order valence-electron chi connectivity index (χ4n) is 2.69. The lowest BCUT2D eigenvalue weighted by Crippen LogP contribution is -2.41. The first kappa shape index (κ1) is 12.8. The van der Waals surface area contributed by atoms with Crippen molar-refractivity contribution in [1.29, 1.82) is 0 Å². The fraction of sp³-hybridized carbons (Fsp3) is 0.857. The highest BCUT2D eigenvalue weighted by Crippen LogP contribution is 2.35. The minimum Gasteiger partial charge on any atom is -0.311 e. The molecule has 1 aliphatic carbocycles. The first-order chi connectivity index (χ1) is 7.03. The zero-order valence-corrected chi connectivity index (χ0v) is 10.7. The van der Waals surface area contributed by atoms with Crippen LogP contribution in [0.15, 0.2) is 12.7 Å². The van der Waals surface area contributed by atoms with E-state index in [4.69, 9.17) is 0 Å². The third kappa shape index (κ3) is 4.83. The molecule has 0 aromatic rings. The highest BCUT2D eigenvalue weighted by molar-refractivity contribution is 4.85. The molecule has 0 amide bonds. The summed E-state index contributed by atoms with van der Waals surface area (Å²) in [5, 5.41) is 3.76. The van der Waals surface area contributed by atoms with Crippen molar-refractivity contribution in [3.63, 3.8) is 0 Å². The topological polar surface area (TPSA) is 12.0 Å². The second-order valence-electron chi connectivity index (χ2n) is 5.89. The van der Waals surface area contributed by atoms with Gasteiger partial charge in [-0.3, -0.25) is 0 Å². The maximum Gasteiger partial charge on any atom is 0.00746 e. The van der Waals surface area contributed by atoms with Gasteiger partial charge in [0.1, 0.15) is 0 Å². The van der Waals surface area contributed by atoms with E-state index < -0.39 is 0 Å². The van der Waals surface area contributed by atoms with Crippen molar-refractivity contribution in [3.8, 4) is 0 Å². The number of hydrogen-bond donors (Lipinski definition) is 1. The number of rotatable bonds is 5. The van der Waals surface area contributed by atoms with Gasteiger partial charge in [-0.25, -0.2) is 0 Å². The Labute approximate surface area is 95.3 Å². The van der Waals surface area contributed by atoms with E-state index in [1.807, 2.05) is 6.08 Å². The molecule has 1 rings (SSSR count). The molecule has 1 aliphatic rings. The normalized spacial score (nSPS) is 27.3. The summed E-state index contributed by atoms with van der Waals surface area (Å²) in [6.07, 6.45) is 9.85. The Morgan fingerprint density at radius 1 is 1.53 bits per heavy atom. The standard InChI is InChI=1S/C14H27N/c1-5-6-8-12(2)15-13-9-7-10-14(3,4)11-13/h5,12-13,15H,1,6-11H2,2-4H3. The van der Waals surface area contributed by atoms with Gasteiger partial charge in [0.05, 0.1) is 0 Å². The Morgan fingerprint density at radius 2 is 2.27 bits per heavy atom. The number of nitrogens with one attached hydrogen (secondary N) is 1. The molecule has 0 saturated heterocycles. The molecule has 2 unspecified atom stereocenters. The van der Waals surface area contributed by atoms with Crippen LogP contribution in [0.2, 0.25) is 0 Å². The summed E-state index contributed by atoms with van der Waals surface area (Å²) >= 11 is 0. The van der Waals surface area contributed by atoms with Crippen LogP contribution in [-0.2, 0) is 0 Å². The minimum atomic E-state index is 0.550. The molecule has 1 heteroatoms. The van der Waals surface area contributed by atoms with Crippen LogP contribution in [0.4, 0.5) is 0 Å². The Balaban J connectivity index is 2.28. The molecule has 2 atom stereocenters. The van der Waals surface area contributed by atoms with Crippen LogP contribution < -0.4 is 5.32 Å². The second kappa shape index (κ2) is 5.69. The van der Waals surface area contributed by atoms with E-state index in [0.717, 1.165) is 12.5 Å². The summed E-state index contributed by atoms with van der Waals surface area (Å²) in [5.74, 6) is 0. The van der Waals surface area contributed by atoms with Crippen molar-refractivity contribution in [2.45, 2.75) is 71.4 Å². The average molecular weight is 209 g/mol. The highest BCUT2D eigenvalue weighted by Gasteiger charge is 2.28. The van der Waals surface area contributed by atoms with Crippen LogP contribution in [-0.4, -0.2) is 12.1 Å². The maximum absolute atomic E-state index is 3.77. The third-order valence-electron chi connectivity index (χ3n) is 3.53. The Kier molecular flexibility index (Phi) is 4.85. The van der Waals surface area contributed by atoms with E-state index in [2.05, 4.69) is 32.7 Å². The lowest BCUT2D eigenvalue weighted by atomic mass is 9.75. The molecule has 1 nitrogen and oxygen atoms in total. The quantitative estimate of drug-likeness (QED) is 0.677. The molecular formula is C14H27N. The first-order valence-corrected chi connectivity index (χ1v) is 6.40. The lowest BCUT2D eigenvalue weighted by Gasteiger charge is -2.37. The molecule has 0 spiro atoms. The van der Waals surface area contributed by atoms with Gasteiger partial charge in [0, 0.05) is 12.1 Å². The maximum atomic E-state index is 3.77. The van der Waals surface area contributed by atoms with Gasteiger partial charge >= 0.3 is 0 Å². The highest BCUT2D eigenvalue weighted by atomic mass is 14.9. The van der Waals surface area contributed by atoms with Gasteiger partial charge in [-0.2, -0.15) is 0 Å². The zero-order chi connectivity index (χ0) is 11.3. The van der Waals surface area contributed by atoms with Gasteiger partial charge in [0.2, 0.25) is 0 Å². The molecule has 15 heavy (non-hydrogen) atoms. The monoisotopic (exact) mass is 209 g/mol. The molecule has 0 aromatic carbocycles. The number of hydrogen-bond acceptors (Lipinski definition) is 1. The van der Waals surface area contributed by atoms with Gasteiger partial charge in [-0.05, 0) is 44.4 Å². The van der Waals surface area contributed by atoms with Crippen molar-refractivity contribution in [1.82, 2.24) is 5.32 Å². The van der Waals surface area contributed by atoms with E-state index >= 15 is 0 Å². The molecule has 1 fully saturated rings. The molecular weight excluding hydrogens is 182 g/mol. The fourth-order valence-corrected chi connectivity index (χ4v) is 2.69. The van der Waals surface area contributed by atoms with E-state index in [0.29, 0.717) is 11.5 Å². The van der Waals surface area contributed by atoms with Crippen LogP contribution in [0.3, 0.4) is 0 Å². The Hall–Kier alpha value is -0.300. The predicted molar refractivity (Wildman–Crippen MR) is 68.1 cm³/mol. The van der Waals surface area contributed by atoms with Crippen LogP contribution in [0.25, 0.3) is 0 Å². The second-order valence-corrected chi connectivity index (χ2v) is 5.89. The number of allylic oxidation sites excluding steroid dienone is 1. The summed E-state index contributed by atoms with van der Waals surface area (Å²) in [6.45, 7) is 10.9. The summed E-state index contributed by atoms with van der Waals surface area (Å²) in [5.41, 5.74) is 0.550. The summed E-state index contributed by atoms with van der Waals surface area (Å²) in [7, 11) is 0. The SMILES string of the molecule is C=CCCC(C)NC1CCCC(C)(C)C1. The van der Waals surface area contributed by atoms with Crippen molar-refractivity contribution in [2.75, 3.05) is 0 Å². The van der Waals surface area contributed by atoms with Gasteiger partial charge < -0.3 is 5.32 Å². The molecule has 0 heterocycles. The van der Waals surface area contributed by atoms with E-state index in [-0.39, 0.29) is 0 Å². The van der Waals surface area contributed by atoms with Crippen molar-refractivity contribution >= 4 is 0 Å². The van der Waals surface area contributed by atoms with E-state index in [1.54, 1.807) is 0 Å². The predicted octanol–water partition coefficient (Wildman–Crippen LogP) is 3.90. The summed E-state index contributed by atoms with van der Waals surface area (Å²) in [4.78, 5) is 0. The third-order valence-corrected chi connectivity index (χ3v) is 3.53. The lowest BCUT2D eigenvalue weighted by molar-refractivity contribution is 0.189. The summed E-state index contributed by atoms with van der Waals surface area (Å²) in [6, 6.07) is 1.38. The largest absolute Gasteiger partial charge is 0.311 e. The van der Waals surface area contributed by atoms with Gasteiger partial charge in [0.25, 0.3) is 0 Å².